The number of aromatic nitrogens is 2. The SMILES string of the molecule is CC1CCCN(C(=O)c2nc(C(=O)Nc3ccccc3F)n3ccccc23)C1. The molecular weight excluding hydrogens is 359 g/mol. The molecule has 1 fully saturated rings. The van der Waals surface area contributed by atoms with Crippen LogP contribution in [0.4, 0.5) is 10.1 Å². The van der Waals surface area contributed by atoms with Crippen LogP contribution in [0.5, 0.6) is 0 Å². The first-order valence-corrected chi connectivity index (χ1v) is 9.37. The molecule has 1 aromatic carbocycles. The molecule has 6 nitrogen and oxygen atoms in total. The van der Waals surface area contributed by atoms with Gasteiger partial charge in [0, 0.05) is 19.3 Å². The predicted molar refractivity (Wildman–Crippen MR) is 104 cm³/mol. The molecule has 3 aromatic rings. The molecule has 1 saturated heterocycles. The number of carbonyl (C=O) groups is 2. The lowest BCUT2D eigenvalue weighted by Gasteiger charge is -2.30. The van der Waals surface area contributed by atoms with E-state index in [1.54, 1.807) is 45.8 Å². The Morgan fingerprint density at radius 3 is 2.75 bits per heavy atom. The number of pyridine rings is 1. The average molecular weight is 380 g/mol. The summed E-state index contributed by atoms with van der Waals surface area (Å²) >= 11 is 0. The van der Waals surface area contributed by atoms with Crippen molar-refractivity contribution in [2.75, 3.05) is 18.4 Å². The number of fused-ring (bicyclic) bond motifs is 1. The first-order chi connectivity index (χ1) is 13.5. The van der Waals surface area contributed by atoms with Gasteiger partial charge in [0.15, 0.2) is 5.69 Å². The van der Waals surface area contributed by atoms with Crippen LogP contribution in [0.25, 0.3) is 5.52 Å². The highest BCUT2D eigenvalue weighted by Gasteiger charge is 2.28. The Kier molecular flexibility index (Phi) is 4.81. The maximum atomic E-state index is 13.9. The highest BCUT2D eigenvalue weighted by molar-refractivity contribution is 6.06. The number of nitrogens with one attached hydrogen (secondary N) is 1. The molecule has 1 aliphatic rings. The molecule has 0 bridgehead atoms. The summed E-state index contributed by atoms with van der Waals surface area (Å²) in [5.74, 6) is -0.796. The topological polar surface area (TPSA) is 66.7 Å². The van der Waals surface area contributed by atoms with Crippen LogP contribution in [-0.2, 0) is 0 Å². The Morgan fingerprint density at radius 2 is 1.96 bits per heavy atom. The van der Waals surface area contributed by atoms with Crippen LogP contribution < -0.4 is 5.32 Å². The summed E-state index contributed by atoms with van der Waals surface area (Å²) in [5, 5.41) is 2.54. The second kappa shape index (κ2) is 7.42. The third-order valence-corrected chi connectivity index (χ3v) is 5.02. The van der Waals surface area contributed by atoms with E-state index in [1.807, 2.05) is 0 Å². The number of nitrogens with zero attached hydrogens (tertiary/aromatic N) is 3. The van der Waals surface area contributed by atoms with E-state index in [4.69, 9.17) is 0 Å². The van der Waals surface area contributed by atoms with Gasteiger partial charge >= 0.3 is 0 Å². The molecule has 0 saturated carbocycles. The van der Waals surface area contributed by atoms with Crippen molar-refractivity contribution in [3.05, 3.63) is 66.0 Å². The maximum Gasteiger partial charge on any atom is 0.292 e. The number of rotatable bonds is 3. The van der Waals surface area contributed by atoms with Gasteiger partial charge in [0.2, 0.25) is 5.82 Å². The normalized spacial score (nSPS) is 16.9. The van der Waals surface area contributed by atoms with Gasteiger partial charge in [0.05, 0.1) is 11.2 Å². The van der Waals surface area contributed by atoms with Crippen LogP contribution in [0, 0.1) is 11.7 Å². The molecule has 2 aromatic heterocycles. The van der Waals surface area contributed by atoms with Crippen molar-refractivity contribution < 1.29 is 14.0 Å². The molecule has 4 rings (SSSR count). The summed E-state index contributed by atoms with van der Waals surface area (Å²) in [6.07, 6.45) is 3.73. The standard InChI is InChI=1S/C21H21FN4O2/c1-14-7-6-11-25(13-14)21(28)18-17-10-4-5-12-26(17)19(24-18)20(27)23-16-9-3-2-8-15(16)22/h2-5,8-10,12,14H,6-7,11,13H2,1H3,(H,23,27). The van der Waals surface area contributed by atoms with E-state index in [1.165, 1.54) is 12.1 Å². The van der Waals surface area contributed by atoms with Gasteiger partial charge in [-0.3, -0.25) is 14.0 Å². The van der Waals surface area contributed by atoms with Crippen molar-refractivity contribution in [2.45, 2.75) is 19.8 Å². The van der Waals surface area contributed by atoms with Gasteiger partial charge in [-0.15, -0.1) is 0 Å². The molecule has 3 heterocycles. The Morgan fingerprint density at radius 1 is 1.18 bits per heavy atom. The molecule has 28 heavy (non-hydrogen) atoms. The number of carbonyl (C=O) groups excluding carboxylic acids is 2. The molecule has 0 radical (unpaired) electrons. The molecular formula is C21H21FN4O2. The summed E-state index contributed by atoms with van der Waals surface area (Å²) in [4.78, 5) is 32.0. The molecule has 0 aliphatic carbocycles. The number of amides is 2. The Labute approximate surface area is 162 Å². The van der Waals surface area contributed by atoms with Crippen molar-refractivity contribution in [3.63, 3.8) is 0 Å². The van der Waals surface area contributed by atoms with E-state index in [-0.39, 0.29) is 23.1 Å². The third-order valence-electron chi connectivity index (χ3n) is 5.02. The zero-order valence-corrected chi connectivity index (χ0v) is 15.6. The van der Waals surface area contributed by atoms with Gasteiger partial charge in [-0.05, 0) is 43.0 Å². The average Bonchev–Trinajstić information content (AvgIpc) is 3.09. The van der Waals surface area contributed by atoms with Gasteiger partial charge in [-0.2, -0.15) is 0 Å². The number of likely N-dealkylation sites (tertiary alicyclic amines) is 1. The molecule has 1 atom stereocenters. The lowest BCUT2D eigenvalue weighted by Crippen LogP contribution is -2.39. The molecule has 0 spiro atoms. The lowest BCUT2D eigenvalue weighted by molar-refractivity contribution is 0.0679. The fraction of sp³-hybridized carbons (Fsp3) is 0.286. The van der Waals surface area contributed by atoms with Crippen LogP contribution >= 0.6 is 0 Å². The first-order valence-electron chi connectivity index (χ1n) is 9.37. The maximum absolute atomic E-state index is 13.9. The fourth-order valence-electron chi connectivity index (χ4n) is 3.62. The summed E-state index contributed by atoms with van der Waals surface area (Å²) in [7, 11) is 0. The van der Waals surface area contributed by atoms with Crippen LogP contribution in [0.15, 0.2) is 48.7 Å². The highest BCUT2D eigenvalue weighted by Crippen LogP contribution is 2.21. The largest absolute Gasteiger partial charge is 0.337 e. The van der Waals surface area contributed by atoms with Crippen molar-refractivity contribution >= 4 is 23.0 Å². The quantitative estimate of drug-likeness (QED) is 0.755. The number of hydrogen-bond donors (Lipinski definition) is 1. The van der Waals surface area contributed by atoms with E-state index in [0.29, 0.717) is 24.5 Å². The Balaban J connectivity index is 1.69. The minimum atomic E-state index is -0.572. The number of para-hydroxylation sites is 1. The van der Waals surface area contributed by atoms with Gasteiger partial charge in [0.1, 0.15) is 5.82 Å². The van der Waals surface area contributed by atoms with Gasteiger partial charge in [0.25, 0.3) is 11.8 Å². The monoisotopic (exact) mass is 380 g/mol. The molecule has 7 heteroatoms. The zero-order valence-electron chi connectivity index (χ0n) is 15.6. The third kappa shape index (κ3) is 3.35. The van der Waals surface area contributed by atoms with Gasteiger partial charge in [-0.25, -0.2) is 9.37 Å². The Bertz CT molecular complexity index is 1050. The number of imidazole rings is 1. The van der Waals surface area contributed by atoms with Crippen LogP contribution in [-0.4, -0.2) is 39.2 Å². The predicted octanol–water partition coefficient (Wildman–Crippen LogP) is 3.60. The lowest BCUT2D eigenvalue weighted by atomic mass is 10.00. The molecule has 1 unspecified atom stereocenters. The number of piperidine rings is 1. The van der Waals surface area contributed by atoms with E-state index < -0.39 is 11.7 Å². The van der Waals surface area contributed by atoms with E-state index in [0.717, 1.165) is 12.8 Å². The highest BCUT2D eigenvalue weighted by atomic mass is 19.1. The Hall–Kier alpha value is -3.22. The van der Waals surface area contributed by atoms with Crippen molar-refractivity contribution in [3.8, 4) is 0 Å². The first kappa shape index (κ1) is 18.2. The van der Waals surface area contributed by atoms with Gasteiger partial charge in [-0.1, -0.05) is 25.1 Å². The zero-order chi connectivity index (χ0) is 19.7. The fourth-order valence-corrected chi connectivity index (χ4v) is 3.62. The van der Waals surface area contributed by atoms with Gasteiger partial charge < -0.3 is 10.2 Å². The second-order valence-electron chi connectivity index (χ2n) is 7.17. The minimum Gasteiger partial charge on any atom is -0.337 e. The van der Waals surface area contributed by atoms with E-state index in [2.05, 4.69) is 17.2 Å². The number of halogens is 1. The molecule has 1 N–H and O–H groups in total. The molecule has 144 valence electrons. The summed E-state index contributed by atoms with van der Waals surface area (Å²) in [6, 6.07) is 11.2. The number of hydrogen-bond acceptors (Lipinski definition) is 3. The summed E-state index contributed by atoms with van der Waals surface area (Å²) < 4.78 is 15.5. The molecule has 2 amide bonds. The van der Waals surface area contributed by atoms with Crippen LogP contribution in [0.1, 0.15) is 40.9 Å². The van der Waals surface area contributed by atoms with Crippen LogP contribution in [0.3, 0.4) is 0 Å². The van der Waals surface area contributed by atoms with E-state index in [9.17, 15) is 14.0 Å². The van der Waals surface area contributed by atoms with Crippen molar-refractivity contribution in [1.82, 2.24) is 14.3 Å². The van der Waals surface area contributed by atoms with Crippen molar-refractivity contribution in [1.29, 1.82) is 0 Å². The minimum absolute atomic E-state index is 0.0484. The number of anilines is 1. The molecule has 1 aliphatic heterocycles. The van der Waals surface area contributed by atoms with E-state index >= 15 is 0 Å². The second-order valence-corrected chi connectivity index (χ2v) is 7.17. The smallest absolute Gasteiger partial charge is 0.292 e. The number of benzene rings is 1. The van der Waals surface area contributed by atoms with Crippen LogP contribution in [0.2, 0.25) is 0 Å². The summed E-state index contributed by atoms with van der Waals surface area (Å²) in [5.41, 5.74) is 0.871. The van der Waals surface area contributed by atoms with Crippen molar-refractivity contribution in [2.24, 2.45) is 5.92 Å². The summed E-state index contributed by atoms with van der Waals surface area (Å²) in [6.45, 7) is 3.49.